The Hall–Kier alpha value is -2.24. The van der Waals surface area contributed by atoms with Gasteiger partial charge in [0.1, 0.15) is 5.82 Å². The number of halogens is 1. The second-order valence-corrected chi connectivity index (χ2v) is 4.79. The first-order valence-corrected chi connectivity index (χ1v) is 6.79. The molecule has 0 aliphatic carbocycles. The van der Waals surface area contributed by atoms with Crippen LogP contribution < -0.4 is 10.2 Å². The largest absolute Gasteiger partial charge is 0.355 e. The predicted octanol–water partition coefficient (Wildman–Crippen LogP) is 2.74. The van der Waals surface area contributed by atoms with E-state index in [0.29, 0.717) is 11.6 Å². The lowest BCUT2D eigenvalue weighted by Crippen LogP contribution is -2.30. The van der Waals surface area contributed by atoms with Gasteiger partial charge in [-0.15, -0.1) is 5.10 Å². The Labute approximate surface area is 116 Å². The van der Waals surface area contributed by atoms with Crippen LogP contribution in [-0.4, -0.2) is 28.3 Å². The summed E-state index contributed by atoms with van der Waals surface area (Å²) in [4.78, 5) is 6.59. The van der Waals surface area contributed by atoms with Gasteiger partial charge in [-0.1, -0.05) is 12.1 Å². The highest BCUT2D eigenvalue weighted by molar-refractivity contribution is 5.54. The van der Waals surface area contributed by atoms with Crippen molar-refractivity contribution in [1.82, 2.24) is 15.2 Å². The van der Waals surface area contributed by atoms with Crippen LogP contribution in [0.1, 0.15) is 19.3 Å². The molecule has 0 saturated carbocycles. The van der Waals surface area contributed by atoms with E-state index in [4.69, 9.17) is 0 Å². The van der Waals surface area contributed by atoms with Crippen LogP contribution in [0.2, 0.25) is 0 Å². The molecule has 1 aromatic carbocycles. The zero-order chi connectivity index (χ0) is 13.8. The third-order valence-electron chi connectivity index (χ3n) is 3.35. The summed E-state index contributed by atoms with van der Waals surface area (Å²) in [6.07, 6.45) is 5.24. The van der Waals surface area contributed by atoms with E-state index in [9.17, 15) is 4.39 Å². The van der Waals surface area contributed by atoms with Crippen LogP contribution in [0.3, 0.4) is 0 Å². The monoisotopic (exact) mass is 273 g/mol. The molecule has 3 rings (SSSR count). The first-order valence-electron chi connectivity index (χ1n) is 6.79. The standard InChI is InChI=1S/C14H16FN5/c15-11-6-2-3-7-12(11)17-14-18-13(10-16-19-14)20-8-4-1-5-9-20/h2-3,6-7,10H,1,4-5,8-9H2,(H,17,18,19). The van der Waals surface area contributed by atoms with E-state index >= 15 is 0 Å². The van der Waals surface area contributed by atoms with E-state index in [1.165, 1.54) is 25.3 Å². The summed E-state index contributed by atoms with van der Waals surface area (Å²) in [5.41, 5.74) is 0.352. The van der Waals surface area contributed by atoms with Crippen LogP contribution in [0.4, 0.5) is 21.8 Å². The lowest BCUT2D eigenvalue weighted by Gasteiger charge is -2.27. The van der Waals surface area contributed by atoms with Crippen molar-refractivity contribution in [1.29, 1.82) is 0 Å². The van der Waals surface area contributed by atoms with E-state index in [1.54, 1.807) is 24.4 Å². The Balaban J connectivity index is 1.79. The van der Waals surface area contributed by atoms with Crippen molar-refractivity contribution in [2.75, 3.05) is 23.3 Å². The predicted molar refractivity (Wildman–Crippen MR) is 75.6 cm³/mol. The van der Waals surface area contributed by atoms with Crippen molar-refractivity contribution in [3.63, 3.8) is 0 Å². The Morgan fingerprint density at radius 2 is 1.90 bits per heavy atom. The summed E-state index contributed by atoms with van der Waals surface area (Å²) in [7, 11) is 0. The maximum atomic E-state index is 13.6. The molecule has 1 aliphatic heterocycles. The van der Waals surface area contributed by atoms with Gasteiger partial charge in [-0.05, 0) is 31.4 Å². The first-order chi connectivity index (χ1) is 9.83. The van der Waals surface area contributed by atoms with Gasteiger partial charge in [0, 0.05) is 13.1 Å². The zero-order valence-corrected chi connectivity index (χ0v) is 11.1. The maximum absolute atomic E-state index is 13.6. The zero-order valence-electron chi connectivity index (χ0n) is 11.1. The van der Waals surface area contributed by atoms with E-state index in [-0.39, 0.29) is 5.82 Å². The van der Waals surface area contributed by atoms with Crippen LogP contribution in [0.25, 0.3) is 0 Å². The van der Waals surface area contributed by atoms with Crippen molar-refractivity contribution < 1.29 is 4.39 Å². The van der Waals surface area contributed by atoms with Gasteiger partial charge in [-0.25, -0.2) is 4.39 Å². The fourth-order valence-electron chi connectivity index (χ4n) is 2.31. The summed E-state index contributed by atoms with van der Waals surface area (Å²) < 4.78 is 13.6. The van der Waals surface area contributed by atoms with Gasteiger partial charge in [-0.2, -0.15) is 10.1 Å². The maximum Gasteiger partial charge on any atom is 0.249 e. The number of hydrogen-bond acceptors (Lipinski definition) is 5. The quantitative estimate of drug-likeness (QED) is 0.932. The molecule has 5 nitrogen and oxygen atoms in total. The number of benzene rings is 1. The van der Waals surface area contributed by atoms with Gasteiger partial charge < -0.3 is 10.2 Å². The van der Waals surface area contributed by atoms with Crippen molar-refractivity contribution in [3.8, 4) is 0 Å². The average molecular weight is 273 g/mol. The van der Waals surface area contributed by atoms with Crippen LogP contribution >= 0.6 is 0 Å². The van der Waals surface area contributed by atoms with Gasteiger partial charge in [0.2, 0.25) is 5.95 Å². The van der Waals surface area contributed by atoms with E-state index in [1.807, 2.05) is 0 Å². The summed E-state index contributed by atoms with van der Waals surface area (Å²) in [5, 5.41) is 10.7. The molecule has 1 fully saturated rings. The summed E-state index contributed by atoms with van der Waals surface area (Å²) in [5.74, 6) is 0.774. The number of para-hydroxylation sites is 1. The summed E-state index contributed by atoms with van der Waals surface area (Å²) in [6.45, 7) is 1.97. The number of aromatic nitrogens is 3. The molecule has 0 amide bonds. The molecular weight excluding hydrogens is 257 g/mol. The molecule has 0 spiro atoms. The highest BCUT2D eigenvalue weighted by Crippen LogP contribution is 2.20. The molecule has 2 aromatic rings. The average Bonchev–Trinajstić information content (AvgIpc) is 2.51. The normalized spacial score (nSPS) is 15.2. The minimum absolute atomic E-state index is 0.318. The third-order valence-corrected chi connectivity index (χ3v) is 3.35. The van der Waals surface area contributed by atoms with Gasteiger partial charge >= 0.3 is 0 Å². The Kier molecular flexibility index (Phi) is 3.71. The second kappa shape index (κ2) is 5.81. The van der Waals surface area contributed by atoms with Crippen molar-refractivity contribution in [2.45, 2.75) is 19.3 Å². The minimum Gasteiger partial charge on any atom is -0.355 e. The summed E-state index contributed by atoms with van der Waals surface area (Å²) in [6, 6.07) is 6.44. The number of nitrogens with zero attached hydrogens (tertiary/aromatic N) is 4. The molecular formula is C14H16FN5. The Morgan fingerprint density at radius 3 is 2.70 bits per heavy atom. The van der Waals surface area contributed by atoms with E-state index in [2.05, 4.69) is 25.4 Å². The van der Waals surface area contributed by atoms with Crippen LogP contribution in [-0.2, 0) is 0 Å². The molecule has 1 aliphatic rings. The van der Waals surface area contributed by atoms with E-state index in [0.717, 1.165) is 18.9 Å². The molecule has 0 unspecified atom stereocenters. The smallest absolute Gasteiger partial charge is 0.249 e. The number of nitrogens with one attached hydrogen (secondary N) is 1. The third kappa shape index (κ3) is 2.84. The van der Waals surface area contributed by atoms with Crippen molar-refractivity contribution >= 4 is 17.5 Å². The molecule has 0 radical (unpaired) electrons. The van der Waals surface area contributed by atoms with Crippen LogP contribution in [0.5, 0.6) is 0 Å². The van der Waals surface area contributed by atoms with E-state index < -0.39 is 0 Å². The molecule has 1 saturated heterocycles. The minimum atomic E-state index is -0.334. The highest BCUT2D eigenvalue weighted by atomic mass is 19.1. The van der Waals surface area contributed by atoms with Crippen LogP contribution in [0.15, 0.2) is 30.5 Å². The topological polar surface area (TPSA) is 53.9 Å². The molecule has 0 bridgehead atoms. The lowest BCUT2D eigenvalue weighted by atomic mass is 10.1. The van der Waals surface area contributed by atoms with Crippen molar-refractivity contribution in [2.24, 2.45) is 0 Å². The highest BCUT2D eigenvalue weighted by Gasteiger charge is 2.13. The van der Waals surface area contributed by atoms with Crippen molar-refractivity contribution in [3.05, 3.63) is 36.3 Å². The fraction of sp³-hybridized carbons (Fsp3) is 0.357. The molecule has 20 heavy (non-hydrogen) atoms. The van der Waals surface area contributed by atoms with Gasteiger partial charge in [0.15, 0.2) is 5.82 Å². The summed E-state index contributed by atoms with van der Waals surface area (Å²) >= 11 is 0. The van der Waals surface area contributed by atoms with Gasteiger partial charge in [0.25, 0.3) is 0 Å². The first kappa shape index (κ1) is 12.8. The molecule has 6 heteroatoms. The number of piperidine rings is 1. The molecule has 2 heterocycles. The van der Waals surface area contributed by atoms with Crippen LogP contribution in [0, 0.1) is 5.82 Å². The van der Waals surface area contributed by atoms with Gasteiger partial charge in [0.05, 0.1) is 11.9 Å². The molecule has 104 valence electrons. The Bertz CT molecular complexity index is 583. The number of hydrogen-bond donors (Lipinski definition) is 1. The molecule has 1 N–H and O–H groups in total. The van der Waals surface area contributed by atoms with Gasteiger partial charge in [-0.3, -0.25) is 0 Å². The molecule has 1 aromatic heterocycles. The number of rotatable bonds is 3. The SMILES string of the molecule is Fc1ccccc1Nc1nncc(N2CCCCC2)n1. The lowest BCUT2D eigenvalue weighted by molar-refractivity contribution is 0.572. The molecule has 0 atom stereocenters. The Morgan fingerprint density at radius 1 is 1.10 bits per heavy atom. The number of anilines is 3. The second-order valence-electron chi connectivity index (χ2n) is 4.79. The fourth-order valence-corrected chi connectivity index (χ4v) is 2.31.